The number of carbonyl (C=O) groups excluding carboxylic acids is 2. The minimum absolute atomic E-state index is 0.248. The van der Waals surface area contributed by atoms with Crippen LogP contribution in [0.15, 0.2) is 29.8 Å². The van der Waals surface area contributed by atoms with Gasteiger partial charge < -0.3 is 4.74 Å². The maximum atomic E-state index is 12.1. The molecule has 2 atom stereocenters. The van der Waals surface area contributed by atoms with E-state index in [0.717, 1.165) is 5.57 Å². The summed E-state index contributed by atoms with van der Waals surface area (Å²) in [6, 6.07) is 5.23. The molecule has 2 rings (SSSR count). The van der Waals surface area contributed by atoms with Crippen molar-refractivity contribution in [2.45, 2.75) is 19.3 Å². The number of carbonyl (C=O) groups is 2. The summed E-state index contributed by atoms with van der Waals surface area (Å²) in [5.41, 5.74) is 1.62. The second-order valence-electron chi connectivity index (χ2n) is 4.85. The van der Waals surface area contributed by atoms with E-state index in [1.165, 1.54) is 13.2 Å². The number of methoxy groups -OCH3 is 1. The highest BCUT2D eigenvalue weighted by Crippen LogP contribution is 2.41. The van der Waals surface area contributed by atoms with Crippen LogP contribution in [0.25, 0.3) is 0 Å². The molecule has 106 valence electrons. The molecule has 0 radical (unpaired) electrons. The molecule has 20 heavy (non-hydrogen) atoms. The summed E-state index contributed by atoms with van der Waals surface area (Å²) in [6.07, 6.45) is 2.07. The fourth-order valence-electron chi connectivity index (χ4n) is 2.56. The van der Waals surface area contributed by atoms with Gasteiger partial charge in [0, 0.05) is 5.92 Å². The molecule has 0 spiro atoms. The van der Waals surface area contributed by atoms with E-state index in [0.29, 0.717) is 22.0 Å². The van der Waals surface area contributed by atoms with Crippen LogP contribution in [0.4, 0.5) is 0 Å². The SMILES string of the molecule is COC(=O)[C@H]1C(=O)C=C(C)C[C@@H]1c1cccc(Cl)c1Cl. The van der Waals surface area contributed by atoms with E-state index >= 15 is 0 Å². The number of esters is 1. The van der Waals surface area contributed by atoms with Gasteiger partial charge in [0.1, 0.15) is 5.92 Å². The lowest BCUT2D eigenvalue weighted by atomic mass is 9.75. The first kappa shape index (κ1) is 15.1. The Morgan fingerprint density at radius 1 is 1.35 bits per heavy atom. The van der Waals surface area contributed by atoms with Crippen LogP contribution in [0.5, 0.6) is 0 Å². The van der Waals surface area contributed by atoms with Crippen molar-refractivity contribution in [2.75, 3.05) is 7.11 Å². The molecule has 0 aromatic heterocycles. The first-order valence-electron chi connectivity index (χ1n) is 6.18. The van der Waals surface area contributed by atoms with Crippen LogP contribution < -0.4 is 0 Å². The zero-order valence-electron chi connectivity index (χ0n) is 11.2. The molecule has 0 heterocycles. The molecule has 3 nitrogen and oxygen atoms in total. The molecule has 1 aromatic carbocycles. The van der Waals surface area contributed by atoms with Gasteiger partial charge in [-0.3, -0.25) is 9.59 Å². The Labute approximate surface area is 127 Å². The van der Waals surface area contributed by atoms with Crippen LogP contribution in [0, 0.1) is 5.92 Å². The van der Waals surface area contributed by atoms with Gasteiger partial charge in [0.2, 0.25) is 0 Å². The van der Waals surface area contributed by atoms with Crippen LogP contribution in [0.3, 0.4) is 0 Å². The van der Waals surface area contributed by atoms with Crippen LogP contribution in [0.1, 0.15) is 24.8 Å². The summed E-state index contributed by atoms with van der Waals surface area (Å²) in [4.78, 5) is 24.0. The maximum absolute atomic E-state index is 12.1. The predicted octanol–water partition coefficient (Wildman–Crippen LogP) is 3.79. The average molecular weight is 313 g/mol. The molecule has 0 saturated heterocycles. The summed E-state index contributed by atoms with van der Waals surface area (Å²) in [6.45, 7) is 1.86. The van der Waals surface area contributed by atoms with Crippen molar-refractivity contribution in [3.8, 4) is 0 Å². The van der Waals surface area contributed by atoms with E-state index in [1.54, 1.807) is 18.2 Å². The topological polar surface area (TPSA) is 43.4 Å². The summed E-state index contributed by atoms with van der Waals surface area (Å²) < 4.78 is 4.75. The molecule has 0 N–H and O–H groups in total. The van der Waals surface area contributed by atoms with Gasteiger partial charge in [-0.25, -0.2) is 0 Å². The highest BCUT2D eigenvalue weighted by atomic mass is 35.5. The zero-order valence-corrected chi connectivity index (χ0v) is 12.7. The van der Waals surface area contributed by atoms with Crippen LogP contribution in [0.2, 0.25) is 10.0 Å². The van der Waals surface area contributed by atoms with Crippen molar-refractivity contribution in [1.29, 1.82) is 0 Å². The standard InChI is InChI=1S/C15H14Cl2O3/c1-8-6-10(9-4-3-5-11(16)14(9)17)13(12(18)7-8)15(19)20-2/h3-5,7,10,13H,6H2,1-2H3/t10-,13-/m1/s1. The van der Waals surface area contributed by atoms with Crippen LogP contribution in [-0.4, -0.2) is 18.9 Å². The minimum Gasteiger partial charge on any atom is -0.468 e. The Hall–Kier alpha value is -1.32. The highest BCUT2D eigenvalue weighted by Gasteiger charge is 2.39. The van der Waals surface area contributed by atoms with Crippen molar-refractivity contribution in [3.63, 3.8) is 0 Å². The zero-order chi connectivity index (χ0) is 14.9. The van der Waals surface area contributed by atoms with Gasteiger partial charge in [-0.15, -0.1) is 0 Å². The molecule has 0 bridgehead atoms. The van der Waals surface area contributed by atoms with Gasteiger partial charge >= 0.3 is 5.97 Å². The third-order valence-electron chi connectivity index (χ3n) is 3.48. The number of ether oxygens (including phenoxy) is 1. The molecule has 0 aliphatic heterocycles. The van der Waals surface area contributed by atoms with E-state index in [4.69, 9.17) is 27.9 Å². The van der Waals surface area contributed by atoms with Gasteiger partial charge in [-0.1, -0.05) is 40.9 Å². The maximum Gasteiger partial charge on any atom is 0.317 e. The van der Waals surface area contributed by atoms with Crippen molar-refractivity contribution in [1.82, 2.24) is 0 Å². The Balaban J connectivity index is 2.51. The van der Waals surface area contributed by atoms with Gasteiger partial charge in [0.05, 0.1) is 17.2 Å². The minimum atomic E-state index is -0.861. The Kier molecular flexibility index (Phi) is 4.51. The molecule has 1 aliphatic rings. The number of halogens is 2. The van der Waals surface area contributed by atoms with Gasteiger partial charge in [0.25, 0.3) is 0 Å². The van der Waals surface area contributed by atoms with E-state index < -0.39 is 11.9 Å². The monoisotopic (exact) mass is 312 g/mol. The molecule has 1 aromatic rings. The van der Waals surface area contributed by atoms with Crippen molar-refractivity contribution < 1.29 is 14.3 Å². The number of allylic oxidation sites excluding steroid dienone is 2. The second-order valence-corrected chi connectivity index (χ2v) is 5.63. The summed E-state index contributed by atoms with van der Waals surface area (Å²) in [7, 11) is 1.28. The lowest BCUT2D eigenvalue weighted by molar-refractivity contribution is -0.149. The van der Waals surface area contributed by atoms with Gasteiger partial charge in [-0.2, -0.15) is 0 Å². The quantitative estimate of drug-likeness (QED) is 0.616. The average Bonchev–Trinajstić information content (AvgIpc) is 2.40. The summed E-state index contributed by atoms with van der Waals surface area (Å²) in [5, 5.41) is 0.794. The largest absolute Gasteiger partial charge is 0.468 e. The predicted molar refractivity (Wildman–Crippen MR) is 78.1 cm³/mol. The van der Waals surface area contributed by atoms with Crippen LogP contribution >= 0.6 is 23.2 Å². The number of ketones is 1. The van der Waals surface area contributed by atoms with Gasteiger partial charge in [-0.05, 0) is 31.1 Å². The fourth-order valence-corrected chi connectivity index (χ4v) is 3.01. The lowest BCUT2D eigenvalue weighted by Crippen LogP contribution is -2.33. The molecule has 1 aliphatic carbocycles. The fraction of sp³-hybridized carbons (Fsp3) is 0.333. The molecular formula is C15H14Cl2O3. The Morgan fingerprint density at radius 2 is 2.05 bits per heavy atom. The molecule has 5 heteroatoms. The van der Waals surface area contributed by atoms with Gasteiger partial charge in [0.15, 0.2) is 5.78 Å². The molecule has 0 fully saturated rings. The van der Waals surface area contributed by atoms with Crippen LogP contribution in [-0.2, 0) is 14.3 Å². The second kappa shape index (κ2) is 5.98. The lowest BCUT2D eigenvalue weighted by Gasteiger charge is -2.28. The Morgan fingerprint density at radius 3 is 2.70 bits per heavy atom. The highest BCUT2D eigenvalue weighted by molar-refractivity contribution is 6.42. The first-order chi connectivity index (χ1) is 9.45. The number of benzene rings is 1. The molecule has 0 unspecified atom stereocenters. The molecule has 0 saturated carbocycles. The molecule has 0 amide bonds. The smallest absolute Gasteiger partial charge is 0.317 e. The third kappa shape index (κ3) is 2.74. The van der Waals surface area contributed by atoms with E-state index in [9.17, 15) is 9.59 Å². The number of hydrogen-bond donors (Lipinski definition) is 0. The van der Waals surface area contributed by atoms with Crippen molar-refractivity contribution in [3.05, 3.63) is 45.5 Å². The van der Waals surface area contributed by atoms with Crippen molar-refractivity contribution in [2.24, 2.45) is 5.92 Å². The molecular weight excluding hydrogens is 299 g/mol. The number of rotatable bonds is 2. The van der Waals surface area contributed by atoms with E-state index in [2.05, 4.69) is 0 Å². The third-order valence-corrected chi connectivity index (χ3v) is 4.31. The van der Waals surface area contributed by atoms with E-state index in [1.807, 2.05) is 6.92 Å². The normalized spacial score (nSPS) is 22.4. The summed E-state index contributed by atoms with van der Waals surface area (Å²) >= 11 is 12.2. The Bertz CT molecular complexity index is 593. The van der Waals surface area contributed by atoms with E-state index in [-0.39, 0.29) is 11.7 Å². The number of hydrogen-bond acceptors (Lipinski definition) is 3. The van der Waals surface area contributed by atoms with Crippen molar-refractivity contribution >= 4 is 35.0 Å². The summed E-state index contributed by atoms with van der Waals surface area (Å²) in [5.74, 6) is -1.99. The first-order valence-corrected chi connectivity index (χ1v) is 6.94.